The van der Waals surface area contributed by atoms with Crippen LogP contribution in [0.3, 0.4) is 0 Å². The molecule has 1 aromatic rings. The van der Waals surface area contributed by atoms with E-state index in [1.54, 1.807) is 12.1 Å². The molecule has 0 aromatic heterocycles. The van der Waals surface area contributed by atoms with Crippen molar-refractivity contribution in [2.45, 2.75) is 13.0 Å². The summed E-state index contributed by atoms with van der Waals surface area (Å²) in [6, 6.07) is 6.88. The van der Waals surface area contributed by atoms with Gasteiger partial charge in [-0.15, -0.1) is 0 Å². The van der Waals surface area contributed by atoms with Gasteiger partial charge in [0.2, 0.25) is 0 Å². The average Bonchev–Trinajstić information content (AvgIpc) is 2.04. The smallest absolute Gasteiger partial charge is 0.127 e. The summed E-state index contributed by atoms with van der Waals surface area (Å²) in [6.07, 6.45) is 0. The van der Waals surface area contributed by atoms with Crippen LogP contribution in [0.15, 0.2) is 24.3 Å². The number of halogens is 1. The molecule has 0 heterocycles. The van der Waals surface area contributed by atoms with Crippen molar-refractivity contribution in [3.8, 4) is 0 Å². The summed E-state index contributed by atoms with van der Waals surface area (Å²) >= 11 is 0. The Labute approximate surface area is 66.2 Å². The molecule has 0 amide bonds. The zero-order valence-electron chi connectivity index (χ0n) is 6.76. The lowest BCUT2D eigenvalue weighted by Crippen LogP contribution is -2.13. The molecule has 1 atom stereocenters. The van der Waals surface area contributed by atoms with Gasteiger partial charge in [0.1, 0.15) is 5.82 Å². The molecule has 0 bridgehead atoms. The Hall–Kier alpha value is -0.890. The van der Waals surface area contributed by atoms with E-state index in [9.17, 15) is 4.39 Å². The lowest BCUT2D eigenvalue weighted by molar-refractivity contribution is 0.562. The van der Waals surface area contributed by atoms with E-state index in [0.29, 0.717) is 0 Å². The minimum Gasteiger partial charge on any atom is -0.313 e. The van der Waals surface area contributed by atoms with Gasteiger partial charge < -0.3 is 5.32 Å². The minimum atomic E-state index is -0.144. The second-order valence-electron chi connectivity index (χ2n) is 2.53. The van der Waals surface area contributed by atoms with Crippen LogP contribution in [-0.2, 0) is 0 Å². The zero-order valence-corrected chi connectivity index (χ0v) is 6.76. The molecule has 2 heteroatoms. The zero-order chi connectivity index (χ0) is 8.27. The van der Waals surface area contributed by atoms with Crippen LogP contribution in [0.5, 0.6) is 0 Å². The van der Waals surface area contributed by atoms with Crippen molar-refractivity contribution < 1.29 is 4.39 Å². The summed E-state index contributed by atoms with van der Waals surface area (Å²) in [5.41, 5.74) is 0.718. The van der Waals surface area contributed by atoms with Gasteiger partial charge in [0, 0.05) is 11.6 Å². The fourth-order valence-corrected chi connectivity index (χ4v) is 0.982. The topological polar surface area (TPSA) is 12.0 Å². The first-order valence-corrected chi connectivity index (χ1v) is 3.67. The van der Waals surface area contributed by atoms with Crippen LogP contribution in [0.1, 0.15) is 18.5 Å². The van der Waals surface area contributed by atoms with Crippen molar-refractivity contribution in [1.29, 1.82) is 0 Å². The largest absolute Gasteiger partial charge is 0.313 e. The van der Waals surface area contributed by atoms with E-state index in [4.69, 9.17) is 0 Å². The van der Waals surface area contributed by atoms with Gasteiger partial charge >= 0.3 is 0 Å². The highest BCUT2D eigenvalue weighted by atomic mass is 19.1. The molecule has 0 aliphatic rings. The summed E-state index contributed by atoms with van der Waals surface area (Å²) < 4.78 is 13.0. The second kappa shape index (κ2) is 3.49. The van der Waals surface area contributed by atoms with E-state index in [1.807, 2.05) is 20.0 Å². The fraction of sp³-hybridized carbons (Fsp3) is 0.333. The van der Waals surface area contributed by atoms with Crippen LogP contribution in [0.25, 0.3) is 0 Å². The van der Waals surface area contributed by atoms with Gasteiger partial charge in [-0.2, -0.15) is 0 Å². The van der Waals surface area contributed by atoms with E-state index in [-0.39, 0.29) is 11.9 Å². The lowest BCUT2D eigenvalue weighted by atomic mass is 10.1. The van der Waals surface area contributed by atoms with Crippen LogP contribution in [0, 0.1) is 5.82 Å². The third-order valence-electron chi connectivity index (χ3n) is 1.80. The van der Waals surface area contributed by atoms with Gasteiger partial charge in [-0.1, -0.05) is 18.2 Å². The van der Waals surface area contributed by atoms with Crippen molar-refractivity contribution >= 4 is 0 Å². The second-order valence-corrected chi connectivity index (χ2v) is 2.53. The molecule has 60 valence electrons. The molecule has 0 aliphatic carbocycles. The van der Waals surface area contributed by atoms with Gasteiger partial charge in [0.25, 0.3) is 0 Å². The minimum absolute atomic E-state index is 0.0798. The highest BCUT2D eigenvalue weighted by molar-refractivity contribution is 5.20. The maximum Gasteiger partial charge on any atom is 0.127 e. The maximum atomic E-state index is 13.0. The normalized spacial score (nSPS) is 13.0. The Morgan fingerprint density at radius 1 is 1.36 bits per heavy atom. The van der Waals surface area contributed by atoms with Crippen LogP contribution in [0.4, 0.5) is 4.39 Å². The van der Waals surface area contributed by atoms with Crippen LogP contribution < -0.4 is 5.32 Å². The van der Waals surface area contributed by atoms with Gasteiger partial charge in [-0.25, -0.2) is 4.39 Å². The van der Waals surface area contributed by atoms with E-state index in [1.165, 1.54) is 6.07 Å². The molecule has 11 heavy (non-hydrogen) atoms. The molecule has 0 saturated heterocycles. The maximum absolute atomic E-state index is 13.0. The Bertz CT molecular complexity index is 235. The van der Waals surface area contributed by atoms with Crippen LogP contribution in [-0.4, -0.2) is 7.05 Å². The van der Waals surface area contributed by atoms with E-state index < -0.39 is 0 Å². The van der Waals surface area contributed by atoms with E-state index >= 15 is 0 Å². The Kier molecular flexibility index (Phi) is 2.60. The molecule has 1 N–H and O–H groups in total. The summed E-state index contributed by atoms with van der Waals surface area (Å²) in [7, 11) is 1.82. The third-order valence-corrected chi connectivity index (χ3v) is 1.80. The number of nitrogens with one attached hydrogen (secondary N) is 1. The number of hydrogen-bond donors (Lipinski definition) is 1. The molecule has 0 radical (unpaired) electrons. The van der Waals surface area contributed by atoms with Crippen molar-refractivity contribution in [1.82, 2.24) is 5.32 Å². The molecule has 0 spiro atoms. The first kappa shape index (κ1) is 8.21. The Morgan fingerprint density at radius 3 is 2.55 bits per heavy atom. The molecule has 0 fully saturated rings. The molecular formula is C9H12FN. The van der Waals surface area contributed by atoms with Crippen molar-refractivity contribution in [3.63, 3.8) is 0 Å². The highest BCUT2D eigenvalue weighted by Gasteiger charge is 2.05. The van der Waals surface area contributed by atoms with Crippen LogP contribution >= 0.6 is 0 Å². The van der Waals surface area contributed by atoms with Crippen molar-refractivity contribution in [2.24, 2.45) is 0 Å². The summed E-state index contributed by atoms with van der Waals surface area (Å²) in [4.78, 5) is 0. The summed E-state index contributed by atoms with van der Waals surface area (Å²) in [6.45, 7) is 1.93. The van der Waals surface area contributed by atoms with Gasteiger partial charge in [0.15, 0.2) is 0 Å². The predicted molar refractivity (Wildman–Crippen MR) is 43.9 cm³/mol. The predicted octanol–water partition coefficient (Wildman–Crippen LogP) is 2.11. The van der Waals surface area contributed by atoms with Crippen molar-refractivity contribution in [2.75, 3.05) is 7.05 Å². The van der Waals surface area contributed by atoms with E-state index in [0.717, 1.165) is 5.56 Å². The molecule has 0 unspecified atom stereocenters. The van der Waals surface area contributed by atoms with Crippen LogP contribution in [0.2, 0.25) is 0 Å². The van der Waals surface area contributed by atoms with E-state index in [2.05, 4.69) is 5.32 Å². The summed E-state index contributed by atoms with van der Waals surface area (Å²) in [5.74, 6) is -0.144. The Morgan fingerprint density at radius 2 is 2.00 bits per heavy atom. The molecule has 0 aliphatic heterocycles. The number of benzene rings is 1. The quantitative estimate of drug-likeness (QED) is 0.686. The SMILES string of the molecule is CN[C@H](C)c1ccccc1F. The third kappa shape index (κ3) is 1.77. The van der Waals surface area contributed by atoms with Gasteiger partial charge in [-0.05, 0) is 20.0 Å². The number of rotatable bonds is 2. The summed E-state index contributed by atoms with van der Waals surface area (Å²) in [5, 5.41) is 2.98. The fourth-order valence-electron chi connectivity index (χ4n) is 0.982. The average molecular weight is 153 g/mol. The molecular weight excluding hydrogens is 141 g/mol. The molecule has 0 saturated carbocycles. The highest BCUT2D eigenvalue weighted by Crippen LogP contribution is 2.14. The lowest BCUT2D eigenvalue weighted by Gasteiger charge is -2.10. The monoisotopic (exact) mass is 153 g/mol. The first-order valence-electron chi connectivity index (χ1n) is 3.67. The van der Waals surface area contributed by atoms with Gasteiger partial charge in [-0.3, -0.25) is 0 Å². The first-order chi connectivity index (χ1) is 5.25. The Balaban J connectivity index is 2.93. The van der Waals surface area contributed by atoms with Crippen molar-refractivity contribution in [3.05, 3.63) is 35.6 Å². The standard InChI is InChI=1S/C9H12FN/c1-7(11-2)8-5-3-4-6-9(8)10/h3-7,11H,1-2H3/t7-/m1/s1. The van der Waals surface area contributed by atoms with Gasteiger partial charge in [0.05, 0.1) is 0 Å². The molecule has 1 aromatic carbocycles. The number of hydrogen-bond acceptors (Lipinski definition) is 1. The molecule has 1 nitrogen and oxygen atoms in total. The molecule has 1 rings (SSSR count).